The van der Waals surface area contributed by atoms with E-state index in [4.69, 9.17) is 4.74 Å². The van der Waals surface area contributed by atoms with Crippen molar-refractivity contribution in [2.24, 2.45) is 0 Å². The first-order valence-corrected chi connectivity index (χ1v) is 7.27. The Morgan fingerprint density at radius 1 is 1.05 bits per heavy atom. The minimum Gasteiger partial charge on any atom is -0.488 e. The summed E-state index contributed by atoms with van der Waals surface area (Å²) in [6.07, 6.45) is 2.33. The van der Waals surface area contributed by atoms with Crippen LogP contribution in [0.2, 0.25) is 0 Å². The maximum Gasteiger partial charge on any atom is 0.122 e. The van der Waals surface area contributed by atoms with Crippen LogP contribution in [-0.4, -0.2) is 13.2 Å². The Bertz CT molecular complexity index is 593. The van der Waals surface area contributed by atoms with Crippen molar-refractivity contribution >= 4 is 0 Å². The predicted molar refractivity (Wildman–Crippen MR) is 82.2 cm³/mol. The average molecular weight is 267 g/mol. The smallest absolute Gasteiger partial charge is 0.122 e. The van der Waals surface area contributed by atoms with Gasteiger partial charge in [0.05, 0.1) is 6.04 Å². The Morgan fingerprint density at radius 3 is 2.60 bits per heavy atom. The third kappa shape index (κ3) is 2.44. The Morgan fingerprint density at radius 2 is 1.80 bits per heavy atom. The van der Waals surface area contributed by atoms with Crippen LogP contribution in [0.25, 0.3) is 0 Å². The molecule has 1 aliphatic rings. The average Bonchev–Trinajstić information content (AvgIpc) is 2.49. The van der Waals surface area contributed by atoms with E-state index in [-0.39, 0.29) is 12.1 Å². The van der Waals surface area contributed by atoms with Gasteiger partial charge >= 0.3 is 0 Å². The van der Waals surface area contributed by atoms with E-state index in [1.807, 2.05) is 19.2 Å². The lowest BCUT2D eigenvalue weighted by atomic mass is 9.85. The van der Waals surface area contributed by atoms with Crippen molar-refractivity contribution in [1.82, 2.24) is 5.32 Å². The van der Waals surface area contributed by atoms with Gasteiger partial charge in [-0.1, -0.05) is 42.5 Å². The van der Waals surface area contributed by atoms with Crippen LogP contribution in [0.5, 0.6) is 5.75 Å². The maximum absolute atomic E-state index is 6.28. The van der Waals surface area contributed by atoms with Crippen LogP contribution in [0, 0.1) is 6.92 Å². The number of ether oxygens (including phenoxy) is 1. The van der Waals surface area contributed by atoms with Crippen molar-refractivity contribution in [3.05, 3.63) is 65.2 Å². The number of nitrogens with one attached hydrogen (secondary N) is 1. The highest BCUT2D eigenvalue weighted by atomic mass is 16.5. The molecule has 1 N–H and O–H groups in total. The molecule has 0 heterocycles. The summed E-state index contributed by atoms with van der Waals surface area (Å²) in [4.78, 5) is 0. The molecule has 104 valence electrons. The number of fused-ring (bicyclic) bond motifs is 1. The van der Waals surface area contributed by atoms with Gasteiger partial charge in [-0.2, -0.15) is 0 Å². The first kappa shape index (κ1) is 13.2. The summed E-state index contributed by atoms with van der Waals surface area (Å²) in [5, 5.41) is 3.42. The van der Waals surface area contributed by atoms with E-state index in [1.165, 1.54) is 16.7 Å². The van der Waals surface area contributed by atoms with Crippen LogP contribution in [0.15, 0.2) is 48.5 Å². The Labute approximate surface area is 120 Å². The Kier molecular flexibility index (Phi) is 3.75. The number of likely N-dealkylation sites (N-methyl/N-ethyl adjacent to an activating group) is 1. The molecular formula is C18H21NO. The highest BCUT2D eigenvalue weighted by Crippen LogP contribution is 2.33. The maximum atomic E-state index is 6.28. The number of para-hydroxylation sites is 1. The molecule has 3 rings (SSSR count). The van der Waals surface area contributed by atoms with Gasteiger partial charge in [0.25, 0.3) is 0 Å². The number of rotatable bonds is 3. The van der Waals surface area contributed by atoms with Crippen LogP contribution in [-0.2, 0) is 6.42 Å². The second-order valence-corrected chi connectivity index (χ2v) is 5.43. The topological polar surface area (TPSA) is 21.3 Å². The lowest BCUT2D eigenvalue weighted by molar-refractivity contribution is 0.138. The van der Waals surface area contributed by atoms with Crippen molar-refractivity contribution in [1.29, 1.82) is 0 Å². The third-order valence-corrected chi connectivity index (χ3v) is 4.14. The highest BCUT2D eigenvalue weighted by Gasteiger charge is 2.29. The molecule has 2 heteroatoms. The van der Waals surface area contributed by atoms with Gasteiger partial charge in [-0.25, -0.2) is 0 Å². The van der Waals surface area contributed by atoms with Gasteiger partial charge in [0.15, 0.2) is 0 Å². The van der Waals surface area contributed by atoms with Gasteiger partial charge in [-0.05, 0) is 49.6 Å². The molecule has 0 bridgehead atoms. The molecule has 0 fully saturated rings. The van der Waals surface area contributed by atoms with E-state index in [0.29, 0.717) is 0 Å². The number of hydrogen-bond acceptors (Lipinski definition) is 2. The molecule has 2 aromatic rings. The van der Waals surface area contributed by atoms with Gasteiger partial charge in [-0.3, -0.25) is 0 Å². The lowest BCUT2D eigenvalue weighted by Crippen LogP contribution is -2.38. The highest BCUT2D eigenvalue weighted by molar-refractivity contribution is 5.36. The minimum absolute atomic E-state index is 0.191. The van der Waals surface area contributed by atoms with Gasteiger partial charge < -0.3 is 10.1 Å². The van der Waals surface area contributed by atoms with Crippen LogP contribution >= 0.6 is 0 Å². The second kappa shape index (κ2) is 5.68. The molecule has 20 heavy (non-hydrogen) atoms. The molecule has 2 atom stereocenters. The fourth-order valence-corrected chi connectivity index (χ4v) is 3.05. The third-order valence-electron chi connectivity index (χ3n) is 4.14. The first-order valence-electron chi connectivity index (χ1n) is 7.27. The minimum atomic E-state index is 0.191. The molecule has 0 aliphatic heterocycles. The molecule has 0 saturated carbocycles. The van der Waals surface area contributed by atoms with Crippen molar-refractivity contribution in [3.8, 4) is 5.75 Å². The number of benzene rings is 2. The zero-order valence-corrected chi connectivity index (χ0v) is 12.1. The van der Waals surface area contributed by atoms with Crippen LogP contribution in [0.3, 0.4) is 0 Å². The number of hydrogen-bond donors (Lipinski definition) is 1. The van der Waals surface area contributed by atoms with Gasteiger partial charge in [0, 0.05) is 0 Å². The molecule has 2 nitrogen and oxygen atoms in total. The fraction of sp³-hybridized carbons (Fsp3) is 0.333. The molecule has 2 unspecified atom stereocenters. The van der Waals surface area contributed by atoms with Crippen molar-refractivity contribution in [2.75, 3.05) is 7.05 Å². The normalized spacial score (nSPS) is 21.3. The second-order valence-electron chi connectivity index (χ2n) is 5.43. The predicted octanol–water partition coefficient (Wildman–Crippen LogP) is 3.65. The van der Waals surface area contributed by atoms with Crippen LogP contribution < -0.4 is 10.1 Å². The van der Waals surface area contributed by atoms with E-state index in [2.05, 4.69) is 48.6 Å². The monoisotopic (exact) mass is 267 g/mol. The first-order chi connectivity index (χ1) is 9.79. The number of aryl methyl sites for hydroxylation is 2. The van der Waals surface area contributed by atoms with E-state index in [0.717, 1.165) is 18.6 Å². The summed E-state index contributed by atoms with van der Waals surface area (Å²) in [6.45, 7) is 2.10. The van der Waals surface area contributed by atoms with Crippen molar-refractivity contribution < 1.29 is 4.74 Å². The summed E-state index contributed by atoms with van der Waals surface area (Å²) < 4.78 is 6.28. The molecule has 0 amide bonds. The zero-order valence-electron chi connectivity index (χ0n) is 12.1. The van der Waals surface area contributed by atoms with Crippen LogP contribution in [0.4, 0.5) is 0 Å². The van der Waals surface area contributed by atoms with Crippen LogP contribution in [0.1, 0.15) is 29.2 Å². The standard InChI is InChI=1S/C18H21NO/c1-13-7-3-6-10-16(13)20-17-12-11-14-8-4-5-9-15(14)18(17)19-2/h3-10,17-19H,11-12H2,1-2H3. The van der Waals surface area contributed by atoms with Gasteiger partial charge in [0.2, 0.25) is 0 Å². The lowest BCUT2D eigenvalue weighted by Gasteiger charge is -2.34. The molecule has 0 saturated heterocycles. The van der Waals surface area contributed by atoms with Gasteiger partial charge in [-0.15, -0.1) is 0 Å². The summed E-state index contributed by atoms with van der Waals surface area (Å²) in [5.74, 6) is 0.997. The van der Waals surface area contributed by atoms with E-state index < -0.39 is 0 Å². The summed E-state index contributed by atoms with van der Waals surface area (Å²) >= 11 is 0. The van der Waals surface area contributed by atoms with E-state index in [1.54, 1.807) is 0 Å². The molecular weight excluding hydrogens is 246 g/mol. The van der Waals surface area contributed by atoms with E-state index >= 15 is 0 Å². The summed E-state index contributed by atoms with van der Waals surface area (Å²) in [7, 11) is 2.01. The van der Waals surface area contributed by atoms with Crippen molar-refractivity contribution in [2.45, 2.75) is 31.9 Å². The largest absolute Gasteiger partial charge is 0.488 e. The van der Waals surface area contributed by atoms with Gasteiger partial charge in [0.1, 0.15) is 11.9 Å². The summed E-state index contributed by atoms with van der Waals surface area (Å²) in [5.41, 5.74) is 4.01. The zero-order chi connectivity index (χ0) is 13.9. The quantitative estimate of drug-likeness (QED) is 0.916. The molecule has 2 aromatic carbocycles. The van der Waals surface area contributed by atoms with Crippen molar-refractivity contribution in [3.63, 3.8) is 0 Å². The summed E-state index contributed by atoms with van der Waals surface area (Å²) in [6, 6.07) is 17.2. The molecule has 0 radical (unpaired) electrons. The SMILES string of the molecule is CNC1c2ccccc2CCC1Oc1ccccc1C. The van der Waals surface area contributed by atoms with E-state index in [9.17, 15) is 0 Å². The molecule has 0 spiro atoms. The molecule has 1 aliphatic carbocycles. The Balaban J connectivity index is 1.87. The Hall–Kier alpha value is -1.80. The fourth-order valence-electron chi connectivity index (χ4n) is 3.05. The molecule has 0 aromatic heterocycles.